The molecule has 4 rings (SSSR count). The van der Waals surface area contributed by atoms with E-state index in [0.29, 0.717) is 22.4 Å². The summed E-state index contributed by atoms with van der Waals surface area (Å²) >= 11 is 0. The van der Waals surface area contributed by atoms with Crippen molar-refractivity contribution >= 4 is 22.2 Å². The van der Waals surface area contributed by atoms with Crippen LogP contribution in [0.4, 0.5) is 4.39 Å². The maximum atomic E-state index is 13.3. The molecule has 2 N–H and O–H groups in total. The van der Waals surface area contributed by atoms with Crippen molar-refractivity contribution < 1.29 is 19.5 Å². The maximum absolute atomic E-state index is 13.3. The van der Waals surface area contributed by atoms with Crippen LogP contribution in [-0.4, -0.2) is 26.8 Å². The van der Waals surface area contributed by atoms with Crippen molar-refractivity contribution in [3.8, 4) is 5.75 Å². The third-order valence-corrected chi connectivity index (χ3v) is 4.06. The first-order valence-electron chi connectivity index (χ1n) is 7.47. The summed E-state index contributed by atoms with van der Waals surface area (Å²) in [5.41, 5.74) is 1.10. The van der Waals surface area contributed by atoms with E-state index in [4.69, 9.17) is 4.74 Å². The molecule has 0 saturated heterocycles. The number of para-hydroxylation sites is 1. The summed E-state index contributed by atoms with van der Waals surface area (Å²) in [6.07, 6.45) is 0.655. The summed E-state index contributed by atoms with van der Waals surface area (Å²) in [6.45, 7) is 0. The van der Waals surface area contributed by atoms with Crippen LogP contribution in [0.2, 0.25) is 0 Å². The van der Waals surface area contributed by atoms with Crippen LogP contribution >= 0.6 is 0 Å². The molecule has 1 aliphatic heterocycles. The minimum absolute atomic E-state index is 0.0372. The van der Waals surface area contributed by atoms with Gasteiger partial charge in [0.05, 0.1) is 5.69 Å². The molecular weight excluding hydrogens is 325 g/mol. The molecule has 3 aromatic rings. The van der Waals surface area contributed by atoms with Crippen LogP contribution in [0.25, 0.3) is 10.8 Å². The van der Waals surface area contributed by atoms with E-state index < -0.39 is 6.10 Å². The molecular formula is C18H12FN3O3. The molecule has 0 fully saturated rings. The number of ether oxygens (including phenoxy) is 1. The third-order valence-electron chi connectivity index (χ3n) is 4.06. The van der Waals surface area contributed by atoms with Crippen LogP contribution in [0.15, 0.2) is 65.0 Å². The lowest BCUT2D eigenvalue weighted by molar-refractivity contribution is 0.249. The number of aromatic nitrogens is 1. The van der Waals surface area contributed by atoms with Gasteiger partial charge in [-0.3, -0.25) is 4.98 Å². The van der Waals surface area contributed by atoms with E-state index in [-0.39, 0.29) is 17.2 Å². The Hall–Kier alpha value is -3.48. The first-order valence-corrected chi connectivity index (χ1v) is 7.47. The van der Waals surface area contributed by atoms with Gasteiger partial charge in [0, 0.05) is 17.1 Å². The molecule has 1 unspecified atom stereocenters. The first-order chi connectivity index (χ1) is 12.2. The van der Waals surface area contributed by atoms with Gasteiger partial charge in [0.15, 0.2) is 11.8 Å². The van der Waals surface area contributed by atoms with Crippen molar-refractivity contribution in [2.75, 3.05) is 0 Å². The van der Waals surface area contributed by atoms with Crippen molar-refractivity contribution in [2.45, 2.75) is 6.10 Å². The Kier molecular flexibility index (Phi) is 3.53. The summed E-state index contributed by atoms with van der Waals surface area (Å²) in [7, 11) is 0. The van der Waals surface area contributed by atoms with Crippen molar-refractivity contribution in [1.82, 2.24) is 4.98 Å². The van der Waals surface area contributed by atoms with Gasteiger partial charge in [-0.2, -0.15) is 0 Å². The SMILES string of the molecule is ON=C1C(=NO)C(c2cc3ccc(F)cc3cn2)Oc2ccccc21. The van der Waals surface area contributed by atoms with Gasteiger partial charge < -0.3 is 15.2 Å². The van der Waals surface area contributed by atoms with E-state index in [1.54, 1.807) is 36.4 Å². The molecule has 1 atom stereocenters. The number of rotatable bonds is 1. The number of nitrogens with zero attached hydrogens (tertiary/aromatic N) is 3. The predicted octanol–water partition coefficient (Wildman–Crippen LogP) is 3.52. The van der Waals surface area contributed by atoms with Gasteiger partial charge in [0.2, 0.25) is 0 Å². The molecule has 0 bridgehead atoms. The van der Waals surface area contributed by atoms with Gasteiger partial charge in [0.1, 0.15) is 17.3 Å². The zero-order valence-electron chi connectivity index (χ0n) is 12.8. The second kappa shape index (κ2) is 5.86. The first kappa shape index (κ1) is 15.1. The van der Waals surface area contributed by atoms with Gasteiger partial charge in [-0.15, -0.1) is 0 Å². The maximum Gasteiger partial charge on any atom is 0.188 e. The zero-order valence-corrected chi connectivity index (χ0v) is 12.8. The molecule has 0 saturated carbocycles. The fraction of sp³-hybridized carbons (Fsp3) is 0.0556. The zero-order chi connectivity index (χ0) is 17.4. The lowest BCUT2D eigenvalue weighted by Gasteiger charge is -2.26. The van der Waals surface area contributed by atoms with Crippen molar-refractivity contribution in [1.29, 1.82) is 0 Å². The Morgan fingerprint density at radius 2 is 1.84 bits per heavy atom. The average molecular weight is 337 g/mol. The van der Waals surface area contributed by atoms with Crippen LogP contribution in [0.3, 0.4) is 0 Å². The van der Waals surface area contributed by atoms with Crippen LogP contribution in [-0.2, 0) is 0 Å². The molecule has 124 valence electrons. The minimum atomic E-state index is -0.861. The second-order valence-electron chi connectivity index (χ2n) is 5.53. The molecule has 1 aliphatic rings. The molecule has 6 nitrogen and oxygen atoms in total. The summed E-state index contributed by atoms with van der Waals surface area (Å²) in [5, 5.41) is 26.7. The Labute approximate surface area is 141 Å². The Bertz CT molecular complexity index is 1030. The number of pyridine rings is 1. The fourth-order valence-electron chi connectivity index (χ4n) is 2.89. The van der Waals surface area contributed by atoms with E-state index in [9.17, 15) is 14.8 Å². The monoisotopic (exact) mass is 337 g/mol. The molecule has 2 heterocycles. The average Bonchev–Trinajstić information content (AvgIpc) is 2.65. The van der Waals surface area contributed by atoms with Gasteiger partial charge in [-0.05, 0) is 35.7 Å². The lowest BCUT2D eigenvalue weighted by atomic mass is 9.95. The number of benzene rings is 2. The van der Waals surface area contributed by atoms with Crippen molar-refractivity contribution in [3.05, 3.63) is 71.8 Å². The molecule has 25 heavy (non-hydrogen) atoms. The molecule has 0 amide bonds. The van der Waals surface area contributed by atoms with Gasteiger partial charge >= 0.3 is 0 Å². The minimum Gasteiger partial charge on any atom is -0.477 e. The topological polar surface area (TPSA) is 87.3 Å². The summed E-state index contributed by atoms with van der Waals surface area (Å²) in [4.78, 5) is 4.29. The fourth-order valence-corrected chi connectivity index (χ4v) is 2.89. The highest BCUT2D eigenvalue weighted by Crippen LogP contribution is 2.33. The number of oxime groups is 2. The van der Waals surface area contributed by atoms with E-state index >= 15 is 0 Å². The highest BCUT2D eigenvalue weighted by molar-refractivity contribution is 6.50. The Morgan fingerprint density at radius 1 is 1.00 bits per heavy atom. The van der Waals surface area contributed by atoms with E-state index in [1.807, 2.05) is 0 Å². The van der Waals surface area contributed by atoms with E-state index in [2.05, 4.69) is 15.3 Å². The van der Waals surface area contributed by atoms with Crippen LogP contribution in [0.1, 0.15) is 17.4 Å². The normalized spacial score (nSPS) is 19.8. The smallest absolute Gasteiger partial charge is 0.188 e. The van der Waals surface area contributed by atoms with Gasteiger partial charge in [-0.25, -0.2) is 4.39 Å². The number of fused-ring (bicyclic) bond motifs is 2. The van der Waals surface area contributed by atoms with Gasteiger partial charge in [0.25, 0.3) is 0 Å². The number of hydrogen-bond acceptors (Lipinski definition) is 6. The van der Waals surface area contributed by atoms with Crippen LogP contribution < -0.4 is 4.74 Å². The van der Waals surface area contributed by atoms with Crippen molar-refractivity contribution in [2.24, 2.45) is 10.3 Å². The molecule has 0 spiro atoms. The predicted molar refractivity (Wildman–Crippen MR) is 89.1 cm³/mol. The Morgan fingerprint density at radius 3 is 2.64 bits per heavy atom. The molecule has 2 aromatic carbocycles. The standard InChI is InChI=1S/C18H12FN3O3/c19-12-6-5-10-8-14(20-9-11(10)7-12)18-17(22-24)16(21-23)13-3-1-2-4-15(13)25-18/h1-9,18,23-24H. The molecule has 7 heteroatoms. The highest BCUT2D eigenvalue weighted by atomic mass is 19.1. The van der Waals surface area contributed by atoms with Gasteiger partial charge in [-0.1, -0.05) is 28.5 Å². The summed E-state index contributed by atoms with van der Waals surface area (Å²) < 4.78 is 19.2. The Balaban J connectivity index is 1.86. The summed E-state index contributed by atoms with van der Waals surface area (Å²) in [5.74, 6) is 0.130. The second-order valence-corrected chi connectivity index (χ2v) is 5.53. The molecule has 0 aliphatic carbocycles. The lowest BCUT2D eigenvalue weighted by Crippen LogP contribution is -2.33. The summed E-state index contributed by atoms with van der Waals surface area (Å²) in [6, 6.07) is 13.0. The largest absolute Gasteiger partial charge is 0.477 e. The number of halogens is 1. The highest BCUT2D eigenvalue weighted by Gasteiger charge is 2.35. The van der Waals surface area contributed by atoms with E-state index in [0.717, 1.165) is 5.39 Å². The van der Waals surface area contributed by atoms with E-state index in [1.165, 1.54) is 18.3 Å². The molecule has 0 radical (unpaired) electrons. The third kappa shape index (κ3) is 2.46. The van der Waals surface area contributed by atoms with Crippen LogP contribution in [0, 0.1) is 5.82 Å². The quantitative estimate of drug-likeness (QED) is 0.525. The molecule has 1 aromatic heterocycles. The van der Waals surface area contributed by atoms with Crippen molar-refractivity contribution in [3.63, 3.8) is 0 Å². The van der Waals surface area contributed by atoms with Crippen LogP contribution in [0.5, 0.6) is 5.75 Å². The number of hydrogen-bond donors (Lipinski definition) is 2.